The molecule has 4 amide bonds. The minimum Gasteiger partial charge on any atom is -0.457 e. The third-order valence-corrected chi connectivity index (χ3v) is 7.04. The van der Waals surface area contributed by atoms with E-state index in [9.17, 15) is 19.2 Å². The third kappa shape index (κ3) is 7.07. The van der Waals surface area contributed by atoms with Gasteiger partial charge in [-0.3, -0.25) is 19.4 Å². The van der Waals surface area contributed by atoms with Crippen LogP contribution in [0.4, 0.5) is 32.3 Å². The van der Waals surface area contributed by atoms with Crippen LogP contribution < -0.4 is 21.3 Å². The van der Waals surface area contributed by atoms with Gasteiger partial charge in [0, 0.05) is 37.0 Å². The minimum atomic E-state index is -0.600. The molecule has 1 atom stereocenters. The molecular weight excluding hydrogens is 584 g/mol. The number of benzene rings is 4. The van der Waals surface area contributed by atoms with Crippen molar-refractivity contribution >= 4 is 58.6 Å². The molecule has 4 aromatic rings. The topological polar surface area (TPSA) is 145 Å². The predicted molar refractivity (Wildman–Crippen MR) is 181 cm³/mol. The van der Waals surface area contributed by atoms with Gasteiger partial charge in [0.15, 0.2) is 0 Å². The van der Waals surface area contributed by atoms with E-state index in [2.05, 4.69) is 0 Å². The fourth-order valence-corrected chi connectivity index (χ4v) is 5.36. The second kappa shape index (κ2) is 14.7. The largest absolute Gasteiger partial charge is 0.457 e. The van der Waals surface area contributed by atoms with Gasteiger partial charge in [-0.05, 0) is 42.0 Å². The van der Waals surface area contributed by atoms with Gasteiger partial charge < -0.3 is 20.9 Å². The average molecular weight is 623 g/mol. The molecule has 0 saturated carbocycles. The van der Waals surface area contributed by atoms with Crippen molar-refractivity contribution < 1.29 is 28.7 Å². The van der Waals surface area contributed by atoms with Crippen LogP contribution in [0.5, 0.6) is 0 Å². The molecule has 10 nitrogen and oxygen atoms in total. The van der Waals surface area contributed by atoms with Crippen molar-refractivity contribution in [3.05, 3.63) is 119 Å². The molecule has 0 unspecified atom stereocenters. The van der Waals surface area contributed by atoms with Crippen molar-refractivity contribution in [2.24, 2.45) is 11.5 Å². The molecule has 0 bridgehead atoms. The first kappa shape index (κ1) is 34.6. The Labute approximate surface area is 268 Å². The summed E-state index contributed by atoms with van der Waals surface area (Å²) in [7, 11) is 0. The first-order chi connectivity index (χ1) is 21.2. The zero-order valence-electron chi connectivity index (χ0n) is 24.1. The van der Waals surface area contributed by atoms with E-state index in [1.807, 2.05) is 66.7 Å². The van der Waals surface area contributed by atoms with Crippen molar-refractivity contribution in [3.63, 3.8) is 0 Å². The summed E-state index contributed by atoms with van der Waals surface area (Å²) in [4.78, 5) is 49.7. The molecule has 46 heavy (non-hydrogen) atoms. The number of esters is 2. The third-order valence-electron chi connectivity index (χ3n) is 7.04. The van der Waals surface area contributed by atoms with Crippen LogP contribution in [0.2, 0.25) is 0 Å². The lowest BCUT2D eigenvalue weighted by Crippen LogP contribution is -2.32. The molecule has 0 aromatic heterocycles. The Kier molecular flexibility index (Phi) is 11.1. The van der Waals surface area contributed by atoms with Crippen molar-refractivity contribution in [1.29, 1.82) is 0 Å². The number of carbonyl (C=O) groups is 4. The second-order valence-corrected chi connectivity index (χ2v) is 10.0. The number of ether oxygens (including phenoxy) is 2. The lowest BCUT2D eigenvalue weighted by molar-refractivity contribution is -0.146. The highest BCUT2D eigenvalue weighted by molar-refractivity contribution is 6.07. The summed E-state index contributed by atoms with van der Waals surface area (Å²) in [6, 6.07) is 28.1. The number of nitrogens with zero attached hydrogens (tertiary/aromatic N) is 2. The van der Waals surface area contributed by atoms with Crippen LogP contribution in [0.1, 0.15) is 57.1 Å². The second-order valence-electron chi connectivity index (χ2n) is 10.0. The number of fused-ring (bicyclic) bond motifs is 4. The minimum absolute atomic E-state index is 0. The fourth-order valence-electron chi connectivity index (χ4n) is 5.36. The summed E-state index contributed by atoms with van der Waals surface area (Å²) in [6.45, 7) is 2.72. The van der Waals surface area contributed by atoms with E-state index < -0.39 is 24.1 Å². The number of hydrogen-bond donors (Lipinski definition) is 2. The van der Waals surface area contributed by atoms with Crippen LogP contribution in [0.25, 0.3) is 11.8 Å². The van der Waals surface area contributed by atoms with Crippen LogP contribution in [0, 0.1) is 0 Å². The first-order valence-electron chi connectivity index (χ1n) is 13.8. The maximum absolute atomic E-state index is 12.0. The van der Waals surface area contributed by atoms with E-state index >= 15 is 0 Å². The van der Waals surface area contributed by atoms with Gasteiger partial charge in [-0.1, -0.05) is 81.6 Å². The number of primary amides is 2. The van der Waals surface area contributed by atoms with E-state index in [0.29, 0.717) is 34.8 Å². The molecule has 0 saturated heterocycles. The molecule has 0 spiro atoms. The molecule has 0 aliphatic carbocycles. The molecule has 0 fully saturated rings. The Bertz CT molecular complexity index is 1790. The van der Waals surface area contributed by atoms with Gasteiger partial charge in [0.2, 0.25) is 0 Å². The van der Waals surface area contributed by atoms with Crippen LogP contribution in [-0.2, 0) is 25.5 Å². The molecule has 4 aromatic carbocycles. The first-order valence-corrected chi connectivity index (χ1v) is 13.8. The lowest BCUT2D eigenvalue weighted by Gasteiger charge is -2.23. The Morgan fingerprint density at radius 2 is 1.17 bits per heavy atom. The van der Waals surface area contributed by atoms with E-state index in [1.54, 1.807) is 36.4 Å². The SMILES string of the molecule is C.C.CC(=O)OC1=Cc2ccccc2N(C(N)=O)c2ccccc21.CC(=O)O[C@H]1Cc2ccccc2N(C(N)=O)c2ccccc21. The number of carbonyl (C=O) groups excluding carboxylic acids is 4. The van der Waals surface area contributed by atoms with Gasteiger partial charge in [0.25, 0.3) is 0 Å². The predicted octanol–water partition coefficient (Wildman–Crippen LogP) is 7.61. The van der Waals surface area contributed by atoms with Crippen LogP contribution in [-0.4, -0.2) is 24.0 Å². The van der Waals surface area contributed by atoms with Crippen LogP contribution in [0.3, 0.4) is 0 Å². The van der Waals surface area contributed by atoms with Crippen molar-refractivity contribution in [1.82, 2.24) is 0 Å². The number of anilines is 4. The molecule has 238 valence electrons. The lowest BCUT2D eigenvalue weighted by atomic mass is 10.0. The molecule has 0 radical (unpaired) electrons. The zero-order valence-corrected chi connectivity index (χ0v) is 24.1. The maximum atomic E-state index is 12.0. The number of nitrogens with two attached hydrogens (primary N) is 2. The van der Waals surface area contributed by atoms with Crippen LogP contribution >= 0.6 is 0 Å². The van der Waals surface area contributed by atoms with Gasteiger partial charge in [-0.25, -0.2) is 9.59 Å². The Balaban J connectivity index is 0.000000240. The summed E-state index contributed by atoms with van der Waals surface area (Å²) < 4.78 is 10.8. The standard InChI is InChI=1S/C17H16N2O3.C17H14N2O3.2CH4/c2*1-11(20)22-16-10-12-6-2-4-8-14(12)19(17(18)21)15-9-5-3-7-13(15)16;;/h2-9,16H,10H2,1H3,(H2,18,21);2-10H,1H3,(H2,18,21);2*1H4/t16-;;;/m0.../s1. The maximum Gasteiger partial charge on any atom is 0.323 e. The monoisotopic (exact) mass is 622 g/mol. The van der Waals surface area contributed by atoms with E-state index in [-0.39, 0.29) is 20.8 Å². The summed E-state index contributed by atoms with van der Waals surface area (Å²) >= 11 is 0. The fraction of sp³-hybridized carbons (Fsp3) is 0.167. The molecule has 2 aliphatic rings. The highest BCUT2D eigenvalue weighted by Gasteiger charge is 2.30. The normalized spacial score (nSPS) is 13.8. The van der Waals surface area contributed by atoms with Gasteiger partial charge >= 0.3 is 24.0 Å². The van der Waals surface area contributed by atoms with Crippen molar-refractivity contribution in [2.45, 2.75) is 41.2 Å². The summed E-state index contributed by atoms with van der Waals surface area (Å²) in [5.74, 6) is -0.393. The van der Waals surface area contributed by atoms with Gasteiger partial charge in [0.1, 0.15) is 11.9 Å². The zero-order chi connectivity index (χ0) is 31.4. The smallest absolute Gasteiger partial charge is 0.323 e. The summed E-state index contributed by atoms with van der Waals surface area (Å²) in [5.41, 5.74) is 16.8. The van der Waals surface area contributed by atoms with Gasteiger partial charge in [-0.15, -0.1) is 0 Å². The number of amides is 4. The van der Waals surface area contributed by atoms with Gasteiger partial charge in [-0.2, -0.15) is 0 Å². The molecule has 4 N–H and O–H groups in total. The van der Waals surface area contributed by atoms with E-state index in [4.69, 9.17) is 20.9 Å². The van der Waals surface area contributed by atoms with Gasteiger partial charge in [0.05, 0.1) is 22.7 Å². The number of urea groups is 2. The van der Waals surface area contributed by atoms with Crippen molar-refractivity contribution in [2.75, 3.05) is 9.80 Å². The molecule has 10 heteroatoms. The quantitative estimate of drug-likeness (QED) is 0.220. The highest BCUT2D eigenvalue weighted by Crippen LogP contribution is 2.42. The Morgan fingerprint density at radius 1 is 0.652 bits per heavy atom. The summed E-state index contributed by atoms with van der Waals surface area (Å²) in [5, 5.41) is 0. The Morgan fingerprint density at radius 3 is 1.80 bits per heavy atom. The number of rotatable bonds is 2. The van der Waals surface area contributed by atoms with Crippen LogP contribution in [0.15, 0.2) is 97.1 Å². The van der Waals surface area contributed by atoms with E-state index in [0.717, 1.165) is 22.4 Å². The Hall–Kier alpha value is -5.90. The van der Waals surface area contributed by atoms with E-state index in [1.165, 1.54) is 23.6 Å². The number of para-hydroxylation sites is 4. The van der Waals surface area contributed by atoms with Crippen molar-refractivity contribution in [3.8, 4) is 0 Å². The molecule has 2 heterocycles. The molecule has 2 aliphatic heterocycles. The molecular formula is C36H38N4O6. The number of hydrogen-bond acceptors (Lipinski definition) is 6. The summed E-state index contributed by atoms with van der Waals surface area (Å²) in [6.07, 6.45) is 1.79. The molecule has 6 rings (SSSR count). The highest BCUT2D eigenvalue weighted by atomic mass is 16.5. The average Bonchev–Trinajstić information content (AvgIpc) is 3.21.